The van der Waals surface area contributed by atoms with Crippen LogP contribution >= 0.6 is 0 Å². The number of aliphatic imine (C=N–C) groups is 1. The van der Waals surface area contributed by atoms with E-state index in [1.807, 2.05) is 36.9 Å². The zero-order chi connectivity index (χ0) is 16.7. The standard InChI is InChI=1S/C16H24N6O/c1-5-17-16(18-10-15-20-19-12-22(15)3)21(2)11-13-8-6-7-9-14(13)23-4/h6-9,12H,5,10-11H2,1-4H3,(H,17,18). The van der Waals surface area contributed by atoms with Crippen molar-refractivity contribution in [3.63, 3.8) is 0 Å². The van der Waals surface area contributed by atoms with E-state index in [4.69, 9.17) is 4.74 Å². The summed E-state index contributed by atoms with van der Waals surface area (Å²) in [6.45, 7) is 4.03. The maximum atomic E-state index is 5.41. The van der Waals surface area contributed by atoms with Gasteiger partial charge < -0.3 is 19.5 Å². The molecule has 0 atom stereocenters. The van der Waals surface area contributed by atoms with Crippen molar-refractivity contribution in [2.45, 2.75) is 20.0 Å². The lowest BCUT2D eigenvalue weighted by Gasteiger charge is -2.23. The van der Waals surface area contributed by atoms with Crippen LogP contribution in [0.1, 0.15) is 18.3 Å². The summed E-state index contributed by atoms with van der Waals surface area (Å²) in [5.74, 6) is 2.52. The fourth-order valence-electron chi connectivity index (χ4n) is 2.23. The number of guanidine groups is 1. The van der Waals surface area contributed by atoms with Crippen molar-refractivity contribution < 1.29 is 4.74 Å². The maximum absolute atomic E-state index is 5.41. The molecular weight excluding hydrogens is 292 g/mol. The van der Waals surface area contributed by atoms with Gasteiger partial charge in [-0.2, -0.15) is 0 Å². The predicted molar refractivity (Wildman–Crippen MR) is 90.3 cm³/mol. The van der Waals surface area contributed by atoms with Crippen LogP contribution in [0.15, 0.2) is 35.6 Å². The number of hydrogen-bond acceptors (Lipinski definition) is 4. The molecule has 1 aromatic carbocycles. The van der Waals surface area contributed by atoms with E-state index in [1.165, 1.54) is 0 Å². The molecule has 0 aliphatic heterocycles. The second kappa shape index (κ2) is 8.17. The first-order valence-electron chi connectivity index (χ1n) is 7.60. The molecule has 2 rings (SSSR count). The summed E-state index contributed by atoms with van der Waals surface area (Å²) in [4.78, 5) is 6.70. The second-order valence-electron chi connectivity index (χ2n) is 5.20. The van der Waals surface area contributed by atoms with E-state index in [2.05, 4.69) is 38.4 Å². The van der Waals surface area contributed by atoms with Gasteiger partial charge in [0.25, 0.3) is 0 Å². The van der Waals surface area contributed by atoms with Gasteiger partial charge in [-0.25, -0.2) is 4.99 Å². The predicted octanol–water partition coefficient (Wildman–Crippen LogP) is 1.42. The van der Waals surface area contributed by atoms with E-state index in [1.54, 1.807) is 13.4 Å². The first-order chi connectivity index (χ1) is 11.2. The van der Waals surface area contributed by atoms with Gasteiger partial charge in [0.05, 0.1) is 7.11 Å². The highest BCUT2D eigenvalue weighted by Gasteiger charge is 2.10. The Kier molecular flexibility index (Phi) is 5.96. The fraction of sp³-hybridized carbons (Fsp3) is 0.438. The van der Waals surface area contributed by atoms with E-state index >= 15 is 0 Å². The lowest BCUT2D eigenvalue weighted by Crippen LogP contribution is -2.38. The third-order valence-corrected chi connectivity index (χ3v) is 3.47. The first-order valence-corrected chi connectivity index (χ1v) is 7.60. The molecule has 0 saturated heterocycles. The van der Waals surface area contributed by atoms with Crippen LogP contribution in [0.2, 0.25) is 0 Å². The minimum atomic E-state index is 0.481. The number of nitrogens with one attached hydrogen (secondary N) is 1. The molecule has 0 unspecified atom stereocenters. The van der Waals surface area contributed by atoms with E-state index in [-0.39, 0.29) is 0 Å². The highest BCUT2D eigenvalue weighted by Crippen LogP contribution is 2.18. The van der Waals surface area contributed by atoms with Gasteiger partial charge in [-0.05, 0) is 13.0 Å². The van der Waals surface area contributed by atoms with Gasteiger partial charge in [0.15, 0.2) is 11.8 Å². The smallest absolute Gasteiger partial charge is 0.194 e. The molecule has 0 aliphatic carbocycles. The van der Waals surface area contributed by atoms with Crippen LogP contribution in [0.5, 0.6) is 5.75 Å². The Hall–Kier alpha value is -2.57. The van der Waals surface area contributed by atoms with Crippen LogP contribution in [0, 0.1) is 0 Å². The molecule has 0 saturated carbocycles. The average molecular weight is 316 g/mol. The van der Waals surface area contributed by atoms with Gasteiger partial charge in [0.2, 0.25) is 0 Å². The Morgan fingerprint density at radius 2 is 2.17 bits per heavy atom. The molecule has 2 aromatic rings. The lowest BCUT2D eigenvalue weighted by atomic mass is 10.2. The number of methoxy groups -OCH3 is 1. The highest BCUT2D eigenvalue weighted by atomic mass is 16.5. The zero-order valence-electron chi connectivity index (χ0n) is 14.2. The molecule has 0 amide bonds. The summed E-state index contributed by atoms with van der Waals surface area (Å²) in [6.07, 6.45) is 1.68. The van der Waals surface area contributed by atoms with Gasteiger partial charge in [-0.15, -0.1) is 10.2 Å². The molecule has 0 radical (unpaired) electrons. The van der Waals surface area contributed by atoms with E-state index < -0.39 is 0 Å². The molecule has 7 nitrogen and oxygen atoms in total. The van der Waals surface area contributed by atoms with E-state index in [0.717, 1.165) is 29.6 Å². The number of benzene rings is 1. The molecule has 124 valence electrons. The zero-order valence-corrected chi connectivity index (χ0v) is 14.2. The van der Waals surface area contributed by atoms with Gasteiger partial charge >= 0.3 is 0 Å². The molecule has 7 heteroatoms. The molecule has 1 heterocycles. The molecule has 0 bridgehead atoms. The van der Waals surface area contributed by atoms with E-state index in [0.29, 0.717) is 13.1 Å². The number of rotatable bonds is 6. The van der Waals surface area contributed by atoms with Crippen molar-refractivity contribution in [1.82, 2.24) is 25.0 Å². The van der Waals surface area contributed by atoms with Gasteiger partial charge in [0.1, 0.15) is 18.6 Å². The molecule has 0 aliphatic rings. The molecule has 1 N–H and O–H groups in total. The number of nitrogens with zero attached hydrogens (tertiary/aromatic N) is 5. The number of hydrogen-bond donors (Lipinski definition) is 1. The summed E-state index contributed by atoms with van der Waals surface area (Å²) >= 11 is 0. The average Bonchev–Trinajstić information content (AvgIpc) is 2.97. The van der Waals surface area contributed by atoms with Crippen LogP contribution in [0.3, 0.4) is 0 Å². The Balaban J connectivity index is 2.11. The summed E-state index contributed by atoms with van der Waals surface area (Å²) in [6, 6.07) is 8.00. The third kappa shape index (κ3) is 4.45. The van der Waals surface area contributed by atoms with Crippen molar-refractivity contribution >= 4 is 5.96 Å². The number of aryl methyl sites for hydroxylation is 1. The number of para-hydroxylation sites is 1. The summed E-state index contributed by atoms with van der Waals surface area (Å²) in [7, 11) is 5.60. The molecular formula is C16H24N6O. The topological polar surface area (TPSA) is 67.6 Å². The minimum absolute atomic E-state index is 0.481. The van der Waals surface area contributed by atoms with Crippen molar-refractivity contribution in [2.24, 2.45) is 12.0 Å². The van der Waals surface area contributed by atoms with Crippen LogP contribution < -0.4 is 10.1 Å². The van der Waals surface area contributed by atoms with Crippen molar-refractivity contribution in [2.75, 3.05) is 20.7 Å². The Morgan fingerprint density at radius 3 is 2.83 bits per heavy atom. The first kappa shape index (κ1) is 16.8. The summed E-state index contributed by atoms with van der Waals surface area (Å²) in [5, 5.41) is 11.2. The largest absolute Gasteiger partial charge is 0.496 e. The van der Waals surface area contributed by atoms with Gasteiger partial charge in [0, 0.05) is 32.7 Å². The maximum Gasteiger partial charge on any atom is 0.194 e. The Labute approximate surface area is 137 Å². The summed E-state index contributed by atoms with van der Waals surface area (Å²) in [5.41, 5.74) is 1.11. The molecule has 1 aromatic heterocycles. The van der Waals surface area contributed by atoms with Crippen molar-refractivity contribution in [3.05, 3.63) is 42.0 Å². The van der Waals surface area contributed by atoms with Crippen LogP contribution in [-0.2, 0) is 20.1 Å². The van der Waals surface area contributed by atoms with Crippen LogP contribution in [0.4, 0.5) is 0 Å². The molecule has 0 fully saturated rings. The molecule has 0 spiro atoms. The Bertz CT molecular complexity index is 652. The number of aromatic nitrogens is 3. The van der Waals surface area contributed by atoms with Crippen molar-refractivity contribution in [3.8, 4) is 5.75 Å². The normalized spacial score (nSPS) is 11.4. The van der Waals surface area contributed by atoms with Gasteiger partial charge in [-0.1, -0.05) is 18.2 Å². The monoisotopic (exact) mass is 316 g/mol. The van der Waals surface area contributed by atoms with Crippen molar-refractivity contribution in [1.29, 1.82) is 0 Å². The van der Waals surface area contributed by atoms with Crippen LogP contribution in [0.25, 0.3) is 0 Å². The van der Waals surface area contributed by atoms with Gasteiger partial charge in [-0.3, -0.25) is 0 Å². The third-order valence-electron chi connectivity index (χ3n) is 3.47. The van der Waals surface area contributed by atoms with Crippen LogP contribution in [-0.4, -0.2) is 46.3 Å². The fourth-order valence-corrected chi connectivity index (χ4v) is 2.23. The highest BCUT2D eigenvalue weighted by molar-refractivity contribution is 5.79. The SMILES string of the molecule is CCNC(=NCc1nncn1C)N(C)Cc1ccccc1OC. The summed E-state index contributed by atoms with van der Waals surface area (Å²) < 4.78 is 7.28. The molecule has 23 heavy (non-hydrogen) atoms. The number of ether oxygens (including phenoxy) is 1. The van der Waals surface area contributed by atoms with E-state index in [9.17, 15) is 0 Å². The minimum Gasteiger partial charge on any atom is -0.496 e. The Morgan fingerprint density at radius 1 is 1.39 bits per heavy atom. The quantitative estimate of drug-likeness (QED) is 0.645. The second-order valence-corrected chi connectivity index (χ2v) is 5.20. The lowest BCUT2D eigenvalue weighted by molar-refractivity contribution is 0.396.